The summed E-state index contributed by atoms with van der Waals surface area (Å²) in [6, 6.07) is 0. The fraction of sp³-hybridized carbons (Fsp3) is 1.00. The number of unbranched alkanes of at least 4 members (excludes halogenated alkanes) is 5. The Morgan fingerprint density at radius 2 is 1.79 bits per heavy atom. The van der Waals surface area contributed by atoms with Crippen LogP contribution >= 0.6 is 0 Å². The summed E-state index contributed by atoms with van der Waals surface area (Å²) in [5.74, 6) is 0. The average Bonchev–Trinajstić information content (AvgIpc) is 2.25. The van der Waals surface area contributed by atoms with Gasteiger partial charge in [-0.1, -0.05) is 0 Å². The molecule has 0 aliphatic carbocycles. The van der Waals surface area contributed by atoms with Gasteiger partial charge in [0.15, 0.2) is 0 Å². The normalized spacial score (nSPS) is 22.5. The Morgan fingerprint density at radius 1 is 1.00 bits per heavy atom. The molecule has 0 bridgehead atoms. The van der Waals surface area contributed by atoms with Crippen LogP contribution in [0.2, 0.25) is 10.1 Å². The van der Waals surface area contributed by atoms with Gasteiger partial charge in [0.25, 0.3) is 0 Å². The predicted molar refractivity (Wildman–Crippen MR) is 66.2 cm³/mol. The minimum absolute atomic E-state index is 1.02. The van der Waals surface area contributed by atoms with E-state index >= 15 is 0 Å². The van der Waals surface area contributed by atoms with Gasteiger partial charge in [0.1, 0.15) is 0 Å². The van der Waals surface area contributed by atoms with Crippen LogP contribution in [0, 0.1) is 0 Å². The summed E-state index contributed by atoms with van der Waals surface area (Å²) in [6.07, 6.45) is 15.0. The van der Waals surface area contributed by atoms with Gasteiger partial charge >= 0.3 is 96.2 Å². The molecule has 0 radical (unpaired) electrons. The Balaban J connectivity index is 1.82. The third kappa shape index (κ3) is 6.09. The van der Waals surface area contributed by atoms with Crippen LogP contribution in [0.4, 0.5) is 0 Å². The van der Waals surface area contributed by atoms with Crippen molar-refractivity contribution in [3.8, 4) is 0 Å². The second kappa shape index (κ2) is 8.80. The van der Waals surface area contributed by atoms with Gasteiger partial charge in [-0.25, -0.2) is 0 Å². The first kappa shape index (κ1) is 12.6. The molecule has 0 nitrogen and oxygen atoms in total. The van der Waals surface area contributed by atoms with Crippen molar-refractivity contribution in [2.75, 3.05) is 0 Å². The second-order valence-corrected chi connectivity index (χ2v) is 7.50. The van der Waals surface area contributed by atoms with Crippen LogP contribution in [0.25, 0.3) is 0 Å². The molecular weight excluding hydrogens is 235 g/mol. The van der Waals surface area contributed by atoms with Gasteiger partial charge in [-0.3, -0.25) is 0 Å². The third-order valence-electron chi connectivity index (χ3n) is 3.15. The SMILES string of the molecule is CCCCCCCCC1CCCC[Se]1. The number of rotatable bonds is 7. The summed E-state index contributed by atoms with van der Waals surface area (Å²) in [4.78, 5) is 1.17. The zero-order valence-electron chi connectivity index (χ0n) is 9.76. The molecule has 14 heavy (non-hydrogen) atoms. The molecule has 1 unspecified atom stereocenters. The van der Waals surface area contributed by atoms with Crippen LogP contribution in [0.3, 0.4) is 0 Å². The molecule has 1 heterocycles. The van der Waals surface area contributed by atoms with Crippen LogP contribution in [0.5, 0.6) is 0 Å². The molecule has 1 heteroatoms. The van der Waals surface area contributed by atoms with E-state index in [1.165, 1.54) is 56.2 Å². The summed E-state index contributed by atoms with van der Waals surface area (Å²) in [6.45, 7) is 2.30. The van der Waals surface area contributed by atoms with Gasteiger partial charge < -0.3 is 0 Å². The quantitative estimate of drug-likeness (QED) is 0.455. The first-order valence-corrected chi connectivity index (χ1v) is 8.75. The minimum atomic E-state index is 1.02. The average molecular weight is 261 g/mol. The standard InChI is InChI=1S/C13H26Se/c1-2-3-4-5-6-7-10-13-11-8-9-12-14-13/h13H,2-12H2,1H3. The Labute approximate surface area is 96.4 Å². The first-order valence-electron chi connectivity index (χ1n) is 6.55. The Kier molecular flexibility index (Phi) is 7.91. The van der Waals surface area contributed by atoms with E-state index in [-0.39, 0.29) is 0 Å². The van der Waals surface area contributed by atoms with Crippen molar-refractivity contribution in [3.63, 3.8) is 0 Å². The molecule has 1 atom stereocenters. The van der Waals surface area contributed by atoms with Crippen LogP contribution in [0.1, 0.15) is 71.1 Å². The van der Waals surface area contributed by atoms with Crippen molar-refractivity contribution in [2.24, 2.45) is 0 Å². The van der Waals surface area contributed by atoms with E-state index < -0.39 is 0 Å². The molecule has 1 rings (SSSR count). The van der Waals surface area contributed by atoms with Crippen molar-refractivity contribution in [3.05, 3.63) is 0 Å². The van der Waals surface area contributed by atoms with E-state index in [1.807, 2.05) is 0 Å². The summed E-state index contributed by atoms with van der Waals surface area (Å²) in [7, 11) is 0. The molecule has 0 amide bonds. The number of hydrogen-bond acceptors (Lipinski definition) is 0. The van der Waals surface area contributed by atoms with Crippen molar-refractivity contribution < 1.29 is 0 Å². The molecular formula is C13H26Se. The molecule has 1 aliphatic heterocycles. The van der Waals surface area contributed by atoms with E-state index in [9.17, 15) is 0 Å². The van der Waals surface area contributed by atoms with E-state index in [1.54, 1.807) is 18.2 Å². The van der Waals surface area contributed by atoms with Gasteiger partial charge in [0.05, 0.1) is 0 Å². The van der Waals surface area contributed by atoms with Gasteiger partial charge in [-0.2, -0.15) is 0 Å². The zero-order valence-corrected chi connectivity index (χ0v) is 11.5. The van der Waals surface area contributed by atoms with Gasteiger partial charge in [0, 0.05) is 0 Å². The van der Waals surface area contributed by atoms with Gasteiger partial charge in [0.2, 0.25) is 0 Å². The van der Waals surface area contributed by atoms with Crippen molar-refractivity contribution in [1.82, 2.24) is 0 Å². The van der Waals surface area contributed by atoms with E-state index in [0.29, 0.717) is 0 Å². The molecule has 0 saturated carbocycles. The Morgan fingerprint density at radius 3 is 2.50 bits per heavy atom. The molecule has 0 aromatic heterocycles. The molecule has 0 N–H and O–H groups in total. The summed E-state index contributed by atoms with van der Waals surface area (Å²) >= 11 is 1.02. The van der Waals surface area contributed by atoms with Crippen LogP contribution in [-0.2, 0) is 0 Å². The third-order valence-corrected chi connectivity index (χ3v) is 6.23. The maximum atomic E-state index is 2.30. The fourth-order valence-electron chi connectivity index (χ4n) is 2.19. The topological polar surface area (TPSA) is 0 Å². The van der Waals surface area contributed by atoms with Crippen LogP contribution in [-0.4, -0.2) is 15.0 Å². The molecule has 1 fully saturated rings. The van der Waals surface area contributed by atoms with E-state index in [2.05, 4.69) is 6.92 Å². The van der Waals surface area contributed by atoms with Gasteiger partial charge in [-0.05, 0) is 0 Å². The second-order valence-electron chi connectivity index (χ2n) is 4.55. The summed E-state index contributed by atoms with van der Waals surface area (Å²) < 4.78 is 0. The predicted octanol–water partition coefficient (Wildman–Crippen LogP) is 4.83. The number of hydrogen-bond donors (Lipinski definition) is 0. The van der Waals surface area contributed by atoms with Gasteiger partial charge in [-0.15, -0.1) is 0 Å². The molecule has 0 aromatic carbocycles. The van der Waals surface area contributed by atoms with Crippen LogP contribution < -0.4 is 0 Å². The molecule has 1 aliphatic rings. The molecule has 0 aromatic rings. The van der Waals surface area contributed by atoms with E-state index in [0.717, 1.165) is 15.0 Å². The van der Waals surface area contributed by atoms with Crippen molar-refractivity contribution in [2.45, 2.75) is 81.3 Å². The zero-order chi connectivity index (χ0) is 10.1. The summed E-state index contributed by atoms with van der Waals surface area (Å²) in [5.41, 5.74) is 0. The fourth-order valence-corrected chi connectivity index (χ4v) is 5.06. The maximum absolute atomic E-state index is 2.30. The Hall–Kier alpha value is 0.519. The molecule has 1 saturated heterocycles. The van der Waals surface area contributed by atoms with Crippen LogP contribution in [0.15, 0.2) is 0 Å². The molecule has 84 valence electrons. The van der Waals surface area contributed by atoms with Crippen molar-refractivity contribution in [1.29, 1.82) is 0 Å². The monoisotopic (exact) mass is 262 g/mol. The van der Waals surface area contributed by atoms with E-state index in [4.69, 9.17) is 0 Å². The summed E-state index contributed by atoms with van der Waals surface area (Å²) in [5, 5.41) is 1.58. The first-order chi connectivity index (χ1) is 6.93. The van der Waals surface area contributed by atoms with Crippen molar-refractivity contribution >= 4 is 15.0 Å². The Bertz CT molecular complexity index is 116. The molecule has 0 spiro atoms.